The average Bonchev–Trinajstić information content (AvgIpc) is 2.76. The maximum Gasteiger partial charge on any atom is 0.0492 e. The van der Waals surface area contributed by atoms with Gasteiger partial charge in [0.2, 0.25) is 0 Å². The first-order chi connectivity index (χ1) is 9.81. The molecule has 2 atom stereocenters. The predicted molar refractivity (Wildman–Crippen MR) is 91.5 cm³/mol. The van der Waals surface area contributed by atoms with Crippen LogP contribution in [0.4, 0.5) is 0 Å². The summed E-state index contributed by atoms with van der Waals surface area (Å²) in [6.45, 7) is 12.8. The third-order valence-corrected chi connectivity index (χ3v) is 4.00. The quantitative estimate of drug-likeness (QED) is 0.740. The van der Waals surface area contributed by atoms with Crippen LogP contribution in [-0.2, 0) is 13.5 Å². The lowest BCUT2D eigenvalue weighted by Gasteiger charge is -2.27. The fourth-order valence-corrected chi connectivity index (χ4v) is 3.23. The van der Waals surface area contributed by atoms with Gasteiger partial charge in [-0.3, -0.25) is 4.68 Å². The van der Waals surface area contributed by atoms with Gasteiger partial charge in [-0.25, -0.2) is 0 Å². The molecular formula is C18H35N3. The Bertz CT molecular complexity index is 389. The molecule has 1 rings (SSSR count). The van der Waals surface area contributed by atoms with Crippen LogP contribution in [-0.4, -0.2) is 22.4 Å². The van der Waals surface area contributed by atoms with E-state index in [0.29, 0.717) is 11.5 Å². The van der Waals surface area contributed by atoms with Crippen molar-refractivity contribution >= 4 is 0 Å². The van der Waals surface area contributed by atoms with Crippen LogP contribution in [0.3, 0.4) is 0 Å². The Morgan fingerprint density at radius 1 is 1.33 bits per heavy atom. The highest BCUT2D eigenvalue weighted by Gasteiger charge is 2.19. The monoisotopic (exact) mass is 293 g/mol. The molecule has 0 saturated heterocycles. The minimum absolute atomic E-state index is 0.427. The summed E-state index contributed by atoms with van der Waals surface area (Å²) in [6.07, 6.45) is 7.98. The van der Waals surface area contributed by atoms with Crippen molar-refractivity contribution in [3.63, 3.8) is 0 Å². The topological polar surface area (TPSA) is 29.9 Å². The first-order valence-electron chi connectivity index (χ1n) is 8.52. The second kappa shape index (κ2) is 8.57. The van der Waals surface area contributed by atoms with Gasteiger partial charge >= 0.3 is 0 Å². The zero-order valence-corrected chi connectivity index (χ0v) is 14.9. The van der Waals surface area contributed by atoms with Crippen molar-refractivity contribution in [2.45, 2.75) is 72.8 Å². The fourth-order valence-electron chi connectivity index (χ4n) is 3.23. The van der Waals surface area contributed by atoms with E-state index in [4.69, 9.17) is 0 Å². The molecule has 0 fully saturated rings. The SMILES string of the molecule is CCCNC(CCc1ccnn1C)CC(C)CC(C)(C)C. The van der Waals surface area contributed by atoms with Gasteiger partial charge in [-0.15, -0.1) is 0 Å². The van der Waals surface area contributed by atoms with Gasteiger partial charge in [-0.1, -0.05) is 34.6 Å². The van der Waals surface area contributed by atoms with Crippen LogP contribution in [0, 0.1) is 11.3 Å². The molecular weight excluding hydrogens is 258 g/mol. The highest BCUT2D eigenvalue weighted by Crippen LogP contribution is 2.27. The minimum Gasteiger partial charge on any atom is -0.314 e. The van der Waals surface area contributed by atoms with Crippen LogP contribution < -0.4 is 5.32 Å². The highest BCUT2D eigenvalue weighted by molar-refractivity contribution is 5.00. The molecule has 0 aliphatic rings. The van der Waals surface area contributed by atoms with Crippen LogP contribution in [0.5, 0.6) is 0 Å². The maximum atomic E-state index is 4.26. The number of hydrogen-bond donors (Lipinski definition) is 1. The number of hydrogen-bond acceptors (Lipinski definition) is 2. The number of aryl methyl sites for hydroxylation is 2. The molecule has 1 aromatic heterocycles. The van der Waals surface area contributed by atoms with Gasteiger partial charge in [0.05, 0.1) is 0 Å². The summed E-state index contributed by atoms with van der Waals surface area (Å²) in [7, 11) is 2.03. The first kappa shape index (κ1) is 18.2. The molecule has 1 aromatic rings. The normalized spacial score (nSPS) is 15.1. The van der Waals surface area contributed by atoms with Gasteiger partial charge < -0.3 is 5.32 Å². The lowest BCUT2D eigenvalue weighted by molar-refractivity contribution is 0.270. The zero-order chi connectivity index (χ0) is 15.9. The molecule has 0 aromatic carbocycles. The van der Waals surface area contributed by atoms with Crippen molar-refractivity contribution in [2.75, 3.05) is 6.54 Å². The third kappa shape index (κ3) is 7.66. The number of aromatic nitrogens is 2. The Morgan fingerprint density at radius 3 is 2.57 bits per heavy atom. The second-order valence-electron chi connectivity index (χ2n) is 7.74. The highest BCUT2D eigenvalue weighted by atomic mass is 15.2. The number of nitrogens with one attached hydrogen (secondary N) is 1. The lowest BCUT2D eigenvalue weighted by Crippen LogP contribution is -2.32. The van der Waals surface area contributed by atoms with Crippen LogP contribution in [0.1, 0.15) is 66.0 Å². The van der Waals surface area contributed by atoms with Crippen molar-refractivity contribution in [2.24, 2.45) is 18.4 Å². The van der Waals surface area contributed by atoms with Gasteiger partial charge in [-0.2, -0.15) is 5.10 Å². The Kier molecular flexibility index (Phi) is 7.44. The summed E-state index contributed by atoms with van der Waals surface area (Å²) in [4.78, 5) is 0. The summed E-state index contributed by atoms with van der Waals surface area (Å²) in [5, 5.41) is 8.00. The van der Waals surface area contributed by atoms with Crippen LogP contribution in [0.15, 0.2) is 12.3 Å². The van der Waals surface area contributed by atoms with Crippen molar-refractivity contribution in [3.05, 3.63) is 18.0 Å². The third-order valence-electron chi connectivity index (χ3n) is 4.00. The summed E-state index contributed by atoms with van der Waals surface area (Å²) >= 11 is 0. The fraction of sp³-hybridized carbons (Fsp3) is 0.833. The molecule has 21 heavy (non-hydrogen) atoms. The standard InChI is InChI=1S/C18H35N3/c1-7-11-19-16(13-15(2)14-18(3,4)5)8-9-17-10-12-20-21(17)6/h10,12,15-16,19H,7-9,11,13-14H2,1-6H3. The van der Waals surface area contributed by atoms with E-state index in [1.165, 1.54) is 31.4 Å². The summed E-state index contributed by atoms with van der Waals surface area (Å²) < 4.78 is 2.00. The van der Waals surface area contributed by atoms with Gasteiger partial charge in [0.25, 0.3) is 0 Å². The van der Waals surface area contributed by atoms with Crippen LogP contribution in [0.25, 0.3) is 0 Å². The molecule has 0 aliphatic heterocycles. The Morgan fingerprint density at radius 2 is 2.05 bits per heavy atom. The molecule has 0 amide bonds. The molecule has 0 saturated carbocycles. The summed E-state index contributed by atoms with van der Waals surface area (Å²) in [5.41, 5.74) is 1.76. The van der Waals surface area contributed by atoms with Gasteiger partial charge in [0.1, 0.15) is 0 Å². The molecule has 1 heterocycles. The van der Waals surface area contributed by atoms with Crippen molar-refractivity contribution < 1.29 is 0 Å². The van der Waals surface area contributed by atoms with Gasteiger partial charge in [-0.05, 0) is 56.0 Å². The molecule has 2 unspecified atom stereocenters. The van der Waals surface area contributed by atoms with E-state index in [1.54, 1.807) is 0 Å². The number of rotatable bonds is 9. The molecule has 122 valence electrons. The lowest BCUT2D eigenvalue weighted by atomic mass is 9.82. The second-order valence-corrected chi connectivity index (χ2v) is 7.74. The minimum atomic E-state index is 0.427. The van der Waals surface area contributed by atoms with Crippen molar-refractivity contribution in [3.8, 4) is 0 Å². The van der Waals surface area contributed by atoms with Crippen LogP contribution in [0.2, 0.25) is 0 Å². The molecule has 0 spiro atoms. The van der Waals surface area contributed by atoms with Gasteiger partial charge in [0, 0.05) is 25.0 Å². The van der Waals surface area contributed by atoms with E-state index in [1.807, 2.05) is 17.9 Å². The molecule has 1 N–H and O–H groups in total. The van der Waals surface area contributed by atoms with E-state index >= 15 is 0 Å². The van der Waals surface area contributed by atoms with E-state index in [-0.39, 0.29) is 0 Å². The number of nitrogens with zero attached hydrogens (tertiary/aromatic N) is 2. The first-order valence-corrected chi connectivity index (χ1v) is 8.52. The van der Waals surface area contributed by atoms with E-state index in [0.717, 1.165) is 18.9 Å². The molecule has 0 radical (unpaired) electrons. The predicted octanol–water partition coefficient (Wildman–Crippen LogP) is 4.18. The van der Waals surface area contributed by atoms with E-state index < -0.39 is 0 Å². The van der Waals surface area contributed by atoms with E-state index in [2.05, 4.69) is 51.1 Å². The molecule has 3 nitrogen and oxygen atoms in total. The van der Waals surface area contributed by atoms with E-state index in [9.17, 15) is 0 Å². The van der Waals surface area contributed by atoms with Crippen LogP contribution >= 0.6 is 0 Å². The Labute approximate surface area is 131 Å². The smallest absolute Gasteiger partial charge is 0.0492 e. The van der Waals surface area contributed by atoms with Crippen molar-refractivity contribution in [1.82, 2.24) is 15.1 Å². The zero-order valence-electron chi connectivity index (χ0n) is 14.9. The van der Waals surface area contributed by atoms with Crippen molar-refractivity contribution in [1.29, 1.82) is 0 Å². The maximum absolute atomic E-state index is 4.26. The van der Waals surface area contributed by atoms with Gasteiger partial charge in [0.15, 0.2) is 0 Å². The summed E-state index contributed by atoms with van der Waals surface area (Å²) in [5.74, 6) is 0.769. The molecule has 3 heteroatoms. The Balaban J connectivity index is 2.48. The summed E-state index contributed by atoms with van der Waals surface area (Å²) in [6, 6.07) is 2.76. The average molecular weight is 293 g/mol. The Hall–Kier alpha value is -0.830. The molecule has 0 bridgehead atoms. The molecule has 0 aliphatic carbocycles. The largest absolute Gasteiger partial charge is 0.314 e.